The van der Waals surface area contributed by atoms with E-state index in [0.29, 0.717) is 13.2 Å². The first-order valence-corrected chi connectivity index (χ1v) is 11.3. The van der Waals surface area contributed by atoms with Gasteiger partial charge in [-0.3, -0.25) is 0 Å². The number of hydrogen-bond donors (Lipinski definition) is 2. The maximum absolute atomic E-state index is 12.3. The number of hydrogen-bond acceptors (Lipinski definition) is 4. The molecule has 4 rings (SSSR count). The normalized spacial score (nSPS) is 20.2. The van der Waals surface area contributed by atoms with Crippen molar-refractivity contribution in [3.63, 3.8) is 0 Å². The van der Waals surface area contributed by atoms with Crippen LogP contribution in [0.1, 0.15) is 50.2 Å². The third kappa shape index (κ3) is 5.82. The van der Waals surface area contributed by atoms with Crippen LogP contribution in [-0.4, -0.2) is 31.4 Å². The van der Waals surface area contributed by atoms with Gasteiger partial charge in [0.2, 0.25) is 0 Å². The van der Waals surface area contributed by atoms with Crippen LogP contribution in [-0.2, 0) is 11.3 Å². The Morgan fingerprint density at radius 2 is 1.91 bits per heavy atom. The monoisotopic (exact) mass is 436 g/mol. The Kier molecular flexibility index (Phi) is 7.00. The van der Waals surface area contributed by atoms with E-state index in [1.807, 2.05) is 61.5 Å². The molecule has 0 aromatic heterocycles. The van der Waals surface area contributed by atoms with E-state index >= 15 is 0 Å². The predicted molar refractivity (Wildman–Crippen MR) is 126 cm³/mol. The van der Waals surface area contributed by atoms with Gasteiger partial charge in [-0.15, -0.1) is 0 Å². The van der Waals surface area contributed by atoms with E-state index in [0.717, 1.165) is 41.2 Å². The van der Waals surface area contributed by atoms with Crippen LogP contribution in [0.2, 0.25) is 0 Å². The maximum atomic E-state index is 12.3. The van der Waals surface area contributed by atoms with Crippen molar-refractivity contribution < 1.29 is 19.0 Å². The highest BCUT2D eigenvalue weighted by atomic mass is 16.5. The molecule has 0 bridgehead atoms. The smallest absolute Gasteiger partial charge is 0.319 e. The van der Waals surface area contributed by atoms with Gasteiger partial charge in [0.1, 0.15) is 17.1 Å². The van der Waals surface area contributed by atoms with E-state index in [9.17, 15) is 4.79 Å². The Hall–Kier alpha value is -2.99. The maximum Gasteiger partial charge on any atom is 0.319 e. The number of anilines is 1. The molecule has 2 aliphatic rings. The van der Waals surface area contributed by atoms with Gasteiger partial charge in [-0.05, 0) is 61.7 Å². The zero-order valence-corrected chi connectivity index (χ0v) is 18.9. The second-order valence-electron chi connectivity index (χ2n) is 8.77. The van der Waals surface area contributed by atoms with Crippen LogP contribution in [0.25, 0.3) is 6.08 Å². The van der Waals surface area contributed by atoms with Crippen LogP contribution in [0, 0.1) is 0 Å². The van der Waals surface area contributed by atoms with Crippen molar-refractivity contribution in [3.8, 4) is 11.5 Å². The minimum Gasteiger partial charge on any atom is -0.497 e. The molecule has 6 heteroatoms. The van der Waals surface area contributed by atoms with Crippen molar-refractivity contribution in [3.05, 3.63) is 59.7 Å². The van der Waals surface area contributed by atoms with Gasteiger partial charge in [0.15, 0.2) is 0 Å². The number of rotatable bonds is 7. The van der Waals surface area contributed by atoms with Crippen LogP contribution in [0.3, 0.4) is 0 Å². The van der Waals surface area contributed by atoms with Crippen LogP contribution in [0.15, 0.2) is 48.5 Å². The molecule has 170 valence electrons. The molecule has 2 aromatic carbocycles. The fraction of sp³-hybridized carbons (Fsp3) is 0.423. The number of ether oxygens (including phenoxy) is 3. The number of carbonyl (C=O) groups excluding carboxylic acids is 1. The zero-order valence-electron chi connectivity index (χ0n) is 18.9. The van der Waals surface area contributed by atoms with Gasteiger partial charge in [-0.25, -0.2) is 4.79 Å². The number of urea groups is 1. The second kappa shape index (κ2) is 10.1. The molecule has 0 radical (unpaired) electrons. The molecular weight excluding hydrogens is 404 g/mol. The lowest BCUT2D eigenvalue weighted by molar-refractivity contribution is 0.00631. The third-order valence-electron chi connectivity index (χ3n) is 5.98. The molecule has 2 N–H and O–H groups in total. The molecule has 1 aliphatic heterocycles. The van der Waals surface area contributed by atoms with Gasteiger partial charge >= 0.3 is 6.03 Å². The minimum atomic E-state index is -0.549. The third-order valence-corrected chi connectivity index (χ3v) is 5.98. The van der Waals surface area contributed by atoms with Crippen molar-refractivity contribution in [1.82, 2.24) is 5.32 Å². The second-order valence-corrected chi connectivity index (χ2v) is 8.77. The summed E-state index contributed by atoms with van der Waals surface area (Å²) in [6.45, 7) is 2.94. The summed E-state index contributed by atoms with van der Waals surface area (Å²) in [5.74, 6) is 1.61. The summed E-state index contributed by atoms with van der Waals surface area (Å²) in [6.07, 6.45) is 9.81. The van der Waals surface area contributed by atoms with E-state index in [1.165, 1.54) is 19.3 Å². The molecule has 0 saturated heterocycles. The lowest BCUT2D eigenvalue weighted by Gasteiger charge is -2.31. The molecule has 2 amide bonds. The molecule has 6 nitrogen and oxygen atoms in total. The Morgan fingerprint density at radius 1 is 1.12 bits per heavy atom. The number of fused-ring (bicyclic) bond motifs is 1. The molecule has 2 aromatic rings. The van der Waals surface area contributed by atoms with E-state index < -0.39 is 5.60 Å². The van der Waals surface area contributed by atoms with Crippen molar-refractivity contribution in [2.75, 3.05) is 19.0 Å². The average Bonchev–Trinajstić information content (AvgIpc) is 2.80. The predicted octanol–water partition coefficient (Wildman–Crippen LogP) is 5.53. The number of nitrogens with one attached hydrogen (secondary N) is 2. The first kappa shape index (κ1) is 22.2. The summed E-state index contributed by atoms with van der Waals surface area (Å²) in [4.78, 5) is 12.3. The van der Waals surface area contributed by atoms with Crippen molar-refractivity contribution in [1.29, 1.82) is 0 Å². The lowest BCUT2D eigenvalue weighted by Crippen LogP contribution is -2.39. The molecule has 1 fully saturated rings. The Bertz CT molecular complexity index is 951. The Balaban J connectivity index is 1.29. The van der Waals surface area contributed by atoms with Gasteiger partial charge in [-0.1, -0.05) is 37.5 Å². The van der Waals surface area contributed by atoms with Gasteiger partial charge in [0, 0.05) is 17.3 Å². The summed E-state index contributed by atoms with van der Waals surface area (Å²) in [5.41, 5.74) is 2.22. The highest BCUT2D eigenvalue weighted by molar-refractivity contribution is 5.90. The molecule has 1 aliphatic carbocycles. The molecule has 32 heavy (non-hydrogen) atoms. The number of methoxy groups -OCH3 is 1. The Morgan fingerprint density at radius 3 is 2.66 bits per heavy atom. The number of carbonyl (C=O) groups is 1. The zero-order chi connectivity index (χ0) is 22.4. The molecule has 1 heterocycles. The largest absolute Gasteiger partial charge is 0.497 e. The molecule has 1 unspecified atom stereocenters. The van der Waals surface area contributed by atoms with Gasteiger partial charge in [0.05, 0.1) is 20.3 Å². The van der Waals surface area contributed by atoms with E-state index in [4.69, 9.17) is 14.2 Å². The highest BCUT2D eigenvalue weighted by Crippen LogP contribution is 2.33. The minimum absolute atomic E-state index is 0.144. The van der Waals surface area contributed by atoms with E-state index in [-0.39, 0.29) is 12.1 Å². The van der Waals surface area contributed by atoms with Gasteiger partial charge in [0.25, 0.3) is 0 Å². The first-order chi connectivity index (χ1) is 15.5. The van der Waals surface area contributed by atoms with Crippen LogP contribution >= 0.6 is 0 Å². The lowest BCUT2D eigenvalue weighted by atomic mass is 9.96. The highest BCUT2D eigenvalue weighted by Gasteiger charge is 2.28. The van der Waals surface area contributed by atoms with Crippen LogP contribution in [0.5, 0.6) is 11.5 Å². The van der Waals surface area contributed by atoms with E-state index in [1.54, 1.807) is 7.11 Å². The summed E-state index contributed by atoms with van der Waals surface area (Å²) < 4.78 is 17.3. The Labute approximate surface area is 189 Å². The van der Waals surface area contributed by atoms with Crippen molar-refractivity contribution in [2.45, 2.75) is 57.3 Å². The molecular formula is C26H32N2O4. The molecule has 1 saturated carbocycles. The van der Waals surface area contributed by atoms with Crippen LogP contribution in [0.4, 0.5) is 10.5 Å². The summed E-state index contributed by atoms with van der Waals surface area (Å²) in [6, 6.07) is 13.7. The SMILES string of the molecule is COc1ccc(COCC2(C)C=Cc3cc(NC(=O)NC4CCCCC4)ccc3O2)cc1. The van der Waals surface area contributed by atoms with E-state index in [2.05, 4.69) is 10.6 Å². The summed E-state index contributed by atoms with van der Waals surface area (Å²) in [7, 11) is 1.65. The van der Waals surface area contributed by atoms with Gasteiger partial charge in [-0.2, -0.15) is 0 Å². The standard InChI is InChI=1S/C26H32N2O4/c1-26(18-31-17-19-8-11-23(30-2)12-9-19)15-14-20-16-22(10-13-24(20)32-26)28-25(29)27-21-6-4-3-5-7-21/h8-16,21H,3-7,17-18H2,1-2H3,(H2,27,28,29). The summed E-state index contributed by atoms with van der Waals surface area (Å²) in [5, 5.41) is 6.03. The first-order valence-electron chi connectivity index (χ1n) is 11.3. The fourth-order valence-electron chi connectivity index (χ4n) is 4.17. The van der Waals surface area contributed by atoms with Gasteiger partial charge < -0.3 is 24.8 Å². The van der Waals surface area contributed by atoms with Crippen molar-refractivity contribution >= 4 is 17.8 Å². The fourth-order valence-corrected chi connectivity index (χ4v) is 4.17. The van der Waals surface area contributed by atoms with Crippen molar-refractivity contribution in [2.24, 2.45) is 0 Å². The van der Waals surface area contributed by atoms with Crippen LogP contribution < -0.4 is 20.1 Å². The summed E-state index contributed by atoms with van der Waals surface area (Å²) >= 11 is 0. The topological polar surface area (TPSA) is 68.8 Å². The molecule has 1 atom stereocenters. The number of amides is 2. The number of benzene rings is 2. The quantitative estimate of drug-likeness (QED) is 0.599. The average molecular weight is 437 g/mol. The molecule has 0 spiro atoms.